The standard InChI is InChI=1S/C13H16ClF2N/c1-13(2)3-4-17(8-13)12-10(15)5-9(7-14)6-11(12)16/h5-6H,3-4,7-8H2,1-2H3. The number of benzene rings is 1. The zero-order valence-corrected chi connectivity index (χ0v) is 10.8. The number of alkyl halides is 1. The fourth-order valence-corrected chi connectivity index (χ4v) is 2.45. The van der Waals surface area contributed by atoms with Gasteiger partial charge in [-0.3, -0.25) is 0 Å². The highest BCUT2D eigenvalue weighted by Gasteiger charge is 2.32. The van der Waals surface area contributed by atoms with Crippen molar-refractivity contribution in [3.8, 4) is 0 Å². The zero-order chi connectivity index (χ0) is 12.6. The molecule has 1 aliphatic rings. The third kappa shape index (κ3) is 2.54. The van der Waals surface area contributed by atoms with E-state index < -0.39 is 11.6 Å². The van der Waals surface area contributed by atoms with Crippen LogP contribution in [0, 0.1) is 17.0 Å². The van der Waals surface area contributed by atoms with Gasteiger partial charge in [-0.1, -0.05) is 13.8 Å². The molecule has 1 aromatic carbocycles. The largest absolute Gasteiger partial charge is 0.366 e. The first-order valence-electron chi connectivity index (χ1n) is 5.72. The van der Waals surface area contributed by atoms with Gasteiger partial charge in [-0.25, -0.2) is 8.78 Å². The predicted molar refractivity (Wildman–Crippen MR) is 66.5 cm³/mol. The van der Waals surface area contributed by atoms with E-state index in [2.05, 4.69) is 13.8 Å². The van der Waals surface area contributed by atoms with Gasteiger partial charge in [0.25, 0.3) is 0 Å². The molecule has 0 aliphatic carbocycles. The first kappa shape index (κ1) is 12.6. The summed E-state index contributed by atoms with van der Waals surface area (Å²) in [6.45, 7) is 5.59. The van der Waals surface area contributed by atoms with Crippen LogP contribution in [0.5, 0.6) is 0 Å². The molecule has 0 amide bonds. The number of hydrogen-bond acceptors (Lipinski definition) is 1. The Labute approximate surface area is 105 Å². The van der Waals surface area contributed by atoms with Crippen LogP contribution < -0.4 is 4.90 Å². The molecule has 1 heterocycles. The van der Waals surface area contributed by atoms with Gasteiger partial charge in [0.05, 0.1) is 0 Å². The van der Waals surface area contributed by atoms with Crippen LogP contribution in [0.3, 0.4) is 0 Å². The highest BCUT2D eigenvalue weighted by Crippen LogP contribution is 2.35. The summed E-state index contributed by atoms with van der Waals surface area (Å²) in [6.07, 6.45) is 0.948. The Morgan fingerprint density at radius 1 is 1.29 bits per heavy atom. The van der Waals surface area contributed by atoms with Gasteiger partial charge in [0, 0.05) is 19.0 Å². The van der Waals surface area contributed by atoms with Gasteiger partial charge in [-0.05, 0) is 29.5 Å². The van der Waals surface area contributed by atoms with Crippen molar-refractivity contribution in [1.29, 1.82) is 0 Å². The number of nitrogens with zero attached hydrogens (tertiary/aromatic N) is 1. The van der Waals surface area contributed by atoms with Crippen LogP contribution in [-0.4, -0.2) is 13.1 Å². The van der Waals surface area contributed by atoms with Crippen molar-refractivity contribution in [2.45, 2.75) is 26.1 Å². The maximum absolute atomic E-state index is 13.9. The van der Waals surface area contributed by atoms with Crippen LogP contribution in [0.25, 0.3) is 0 Å². The summed E-state index contributed by atoms with van der Waals surface area (Å²) in [5, 5.41) is 0. The van der Waals surface area contributed by atoms with Gasteiger partial charge in [0.15, 0.2) is 0 Å². The molecule has 0 aromatic heterocycles. The average Bonchev–Trinajstić information content (AvgIpc) is 2.57. The normalized spacial score (nSPS) is 18.8. The summed E-state index contributed by atoms with van der Waals surface area (Å²) in [7, 11) is 0. The lowest BCUT2D eigenvalue weighted by molar-refractivity contribution is 0.417. The second-order valence-electron chi connectivity index (χ2n) is 5.38. The quantitative estimate of drug-likeness (QED) is 0.727. The maximum atomic E-state index is 13.9. The molecule has 17 heavy (non-hydrogen) atoms. The Hall–Kier alpha value is -0.830. The fourth-order valence-electron chi connectivity index (χ4n) is 2.30. The van der Waals surface area contributed by atoms with Crippen molar-refractivity contribution >= 4 is 17.3 Å². The molecule has 1 aliphatic heterocycles. The zero-order valence-electron chi connectivity index (χ0n) is 10.1. The Morgan fingerprint density at radius 2 is 1.88 bits per heavy atom. The topological polar surface area (TPSA) is 3.24 Å². The van der Waals surface area contributed by atoms with E-state index in [0.717, 1.165) is 6.42 Å². The predicted octanol–water partition coefficient (Wildman–Crippen LogP) is 3.94. The number of halogens is 3. The van der Waals surface area contributed by atoms with E-state index >= 15 is 0 Å². The minimum absolute atomic E-state index is 0.0874. The van der Waals surface area contributed by atoms with E-state index in [1.165, 1.54) is 12.1 Å². The van der Waals surface area contributed by atoms with Crippen LogP contribution in [0.2, 0.25) is 0 Å². The second-order valence-corrected chi connectivity index (χ2v) is 5.64. The van der Waals surface area contributed by atoms with E-state index in [1.807, 2.05) is 0 Å². The number of anilines is 1. The Kier molecular flexibility index (Phi) is 3.30. The Morgan fingerprint density at radius 3 is 2.29 bits per heavy atom. The lowest BCUT2D eigenvalue weighted by Crippen LogP contribution is -2.24. The van der Waals surface area contributed by atoms with Gasteiger partial charge >= 0.3 is 0 Å². The molecule has 1 nitrogen and oxygen atoms in total. The fraction of sp³-hybridized carbons (Fsp3) is 0.538. The van der Waals surface area contributed by atoms with Crippen LogP contribution in [0.4, 0.5) is 14.5 Å². The van der Waals surface area contributed by atoms with Crippen molar-refractivity contribution in [3.63, 3.8) is 0 Å². The minimum atomic E-state index is -0.515. The van der Waals surface area contributed by atoms with E-state index in [4.69, 9.17) is 11.6 Å². The van der Waals surface area contributed by atoms with E-state index in [1.54, 1.807) is 4.90 Å². The first-order chi connectivity index (χ1) is 7.93. The van der Waals surface area contributed by atoms with Crippen LogP contribution in [-0.2, 0) is 5.88 Å². The molecule has 0 N–H and O–H groups in total. The van der Waals surface area contributed by atoms with Gasteiger partial charge in [0.2, 0.25) is 0 Å². The summed E-state index contributed by atoms with van der Waals surface area (Å²) >= 11 is 5.58. The van der Waals surface area contributed by atoms with Crippen molar-refractivity contribution in [2.75, 3.05) is 18.0 Å². The molecule has 1 aromatic rings. The van der Waals surface area contributed by atoms with Crippen molar-refractivity contribution in [1.82, 2.24) is 0 Å². The van der Waals surface area contributed by atoms with Gasteiger partial charge in [0.1, 0.15) is 17.3 Å². The molecule has 0 unspecified atom stereocenters. The van der Waals surface area contributed by atoms with Gasteiger partial charge < -0.3 is 4.90 Å². The highest BCUT2D eigenvalue weighted by molar-refractivity contribution is 6.17. The summed E-state index contributed by atoms with van der Waals surface area (Å²) in [5.41, 5.74) is 0.678. The minimum Gasteiger partial charge on any atom is -0.366 e. The molecule has 1 saturated heterocycles. The molecule has 2 rings (SSSR count). The van der Waals surface area contributed by atoms with E-state index in [0.29, 0.717) is 18.7 Å². The molecule has 1 fully saturated rings. The second kappa shape index (κ2) is 4.45. The molecule has 0 saturated carbocycles. The summed E-state index contributed by atoms with van der Waals surface area (Å²) in [5.74, 6) is -0.906. The van der Waals surface area contributed by atoms with Crippen molar-refractivity contribution < 1.29 is 8.78 Å². The Bertz CT molecular complexity index is 408. The third-order valence-corrected chi connectivity index (χ3v) is 3.53. The summed E-state index contributed by atoms with van der Waals surface area (Å²) in [6, 6.07) is 2.63. The van der Waals surface area contributed by atoms with Crippen LogP contribution in [0.1, 0.15) is 25.8 Å². The average molecular weight is 260 g/mol. The van der Waals surface area contributed by atoms with Crippen LogP contribution >= 0.6 is 11.6 Å². The number of hydrogen-bond donors (Lipinski definition) is 0. The molecule has 0 radical (unpaired) electrons. The first-order valence-corrected chi connectivity index (χ1v) is 6.25. The van der Waals surface area contributed by atoms with Crippen molar-refractivity contribution in [3.05, 3.63) is 29.3 Å². The molecule has 0 bridgehead atoms. The molecular formula is C13H16ClF2N. The highest BCUT2D eigenvalue weighted by atomic mass is 35.5. The molecule has 0 atom stereocenters. The third-order valence-electron chi connectivity index (χ3n) is 3.22. The molecule has 4 heteroatoms. The number of rotatable bonds is 2. The van der Waals surface area contributed by atoms with E-state index in [9.17, 15) is 8.78 Å². The van der Waals surface area contributed by atoms with Gasteiger partial charge in [-0.2, -0.15) is 0 Å². The lowest BCUT2D eigenvalue weighted by atomic mass is 9.93. The van der Waals surface area contributed by atoms with E-state index in [-0.39, 0.29) is 17.0 Å². The molecular weight excluding hydrogens is 244 g/mol. The van der Waals surface area contributed by atoms with Gasteiger partial charge in [-0.15, -0.1) is 11.6 Å². The Balaban J connectivity index is 2.34. The SMILES string of the molecule is CC1(C)CCN(c2c(F)cc(CCl)cc2F)C1. The van der Waals surface area contributed by atoms with Crippen molar-refractivity contribution in [2.24, 2.45) is 5.41 Å². The van der Waals surface area contributed by atoms with Crippen LogP contribution in [0.15, 0.2) is 12.1 Å². The molecule has 94 valence electrons. The smallest absolute Gasteiger partial charge is 0.149 e. The molecule has 0 spiro atoms. The monoisotopic (exact) mass is 259 g/mol. The summed E-state index contributed by atoms with van der Waals surface area (Å²) < 4.78 is 27.7. The maximum Gasteiger partial charge on any atom is 0.149 e. The summed E-state index contributed by atoms with van der Waals surface area (Å²) in [4.78, 5) is 1.78. The lowest BCUT2D eigenvalue weighted by Gasteiger charge is -2.22.